The van der Waals surface area contributed by atoms with E-state index in [1.54, 1.807) is 11.8 Å². The summed E-state index contributed by atoms with van der Waals surface area (Å²) in [5.41, 5.74) is 2.26. The SMILES string of the molecule is CSc1ccc(NCc2cc(Cl)ccc2Br)cc1. The van der Waals surface area contributed by atoms with Gasteiger partial charge in [0, 0.05) is 26.6 Å². The number of benzene rings is 2. The monoisotopic (exact) mass is 341 g/mol. The zero-order chi connectivity index (χ0) is 13.0. The lowest BCUT2D eigenvalue weighted by Crippen LogP contribution is -2.00. The Kier molecular flexibility index (Phi) is 4.98. The maximum Gasteiger partial charge on any atom is 0.0412 e. The van der Waals surface area contributed by atoms with E-state index in [2.05, 4.69) is 51.8 Å². The van der Waals surface area contributed by atoms with Crippen molar-refractivity contribution in [1.29, 1.82) is 0 Å². The Hall–Kier alpha value is -0.640. The van der Waals surface area contributed by atoms with Crippen LogP contribution in [0.25, 0.3) is 0 Å². The average Bonchev–Trinajstić information content (AvgIpc) is 2.40. The van der Waals surface area contributed by atoms with E-state index < -0.39 is 0 Å². The van der Waals surface area contributed by atoms with Gasteiger partial charge in [0.2, 0.25) is 0 Å². The molecule has 0 bridgehead atoms. The Balaban J connectivity index is 2.04. The number of halogens is 2. The second-order valence-corrected chi connectivity index (χ2v) is 5.99. The molecule has 0 heterocycles. The molecule has 4 heteroatoms. The average molecular weight is 343 g/mol. The van der Waals surface area contributed by atoms with Crippen LogP contribution in [0.5, 0.6) is 0 Å². The molecule has 18 heavy (non-hydrogen) atoms. The van der Waals surface area contributed by atoms with Crippen LogP contribution in [0, 0.1) is 0 Å². The highest BCUT2D eigenvalue weighted by Gasteiger charge is 2.01. The molecule has 0 aliphatic heterocycles. The number of anilines is 1. The fourth-order valence-corrected chi connectivity index (χ4v) is 2.57. The molecule has 0 saturated heterocycles. The molecule has 2 aromatic carbocycles. The molecule has 94 valence electrons. The van der Waals surface area contributed by atoms with Crippen molar-refractivity contribution in [3.05, 3.63) is 57.5 Å². The van der Waals surface area contributed by atoms with E-state index >= 15 is 0 Å². The molecule has 0 aliphatic carbocycles. The minimum Gasteiger partial charge on any atom is -0.381 e. The van der Waals surface area contributed by atoms with Gasteiger partial charge in [-0.15, -0.1) is 11.8 Å². The van der Waals surface area contributed by atoms with Gasteiger partial charge < -0.3 is 5.32 Å². The fraction of sp³-hybridized carbons (Fsp3) is 0.143. The zero-order valence-corrected chi connectivity index (χ0v) is 13.1. The third-order valence-electron chi connectivity index (χ3n) is 2.58. The first-order valence-corrected chi connectivity index (χ1v) is 7.90. The first-order chi connectivity index (χ1) is 8.69. The van der Waals surface area contributed by atoms with E-state index in [-0.39, 0.29) is 0 Å². The van der Waals surface area contributed by atoms with Crippen LogP contribution in [0.15, 0.2) is 51.8 Å². The summed E-state index contributed by atoms with van der Waals surface area (Å²) in [6.07, 6.45) is 2.07. The Labute approximate surface area is 125 Å². The molecular weight excluding hydrogens is 330 g/mol. The molecule has 0 spiro atoms. The normalized spacial score (nSPS) is 10.4. The zero-order valence-electron chi connectivity index (χ0n) is 9.91. The highest BCUT2D eigenvalue weighted by atomic mass is 79.9. The van der Waals surface area contributed by atoms with Gasteiger partial charge in [0.05, 0.1) is 0 Å². The minimum atomic E-state index is 0.750. The maximum absolute atomic E-state index is 5.99. The largest absolute Gasteiger partial charge is 0.381 e. The van der Waals surface area contributed by atoms with Crippen LogP contribution >= 0.6 is 39.3 Å². The van der Waals surface area contributed by atoms with Crippen molar-refractivity contribution in [3.63, 3.8) is 0 Å². The van der Waals surface area contributed by atoms with Gasteiger partial charge in [0.1, 0.15) is 0 Å². The molecule has 2 aromatic rings. The first kappa shape index (κ1) is 13.8. The molecule has 0 amide bonds. The third-order valence-corrected chi connectivity index (χ3v) is 4.33. The Bertz CT molecular complexity index is 528. The van der Waals surface area contributed by atoms with Crippen LogP contribution in [-0.2, 0) is 6.54 Å². The molecule has 0 aromatic heterocycles. The molecule has 0 fully saturated rings. The molecule has 0 saturated carbocycles. The topological polar surface area (TPSA) is 12.0 Å². The van der Waals surface area contributed by atoms with Gasteiger partial charge >= 0.3 is 0 Å². The Morgan fingerprint density at radius 3 is 2.56 bits per heavy atom. The van der Waals surface area contributed by atoms with Crippen LogP contribution in [-0.4, -0.2) is 6.26 Å². The van der Waals surface area contributed by atoms with Crippen molar-refractivity contribution in [2.45, 2.75) is 11.4 Å². The van der Waals surface area contributed by atoms with Crippen molar-refractivity contribution >= 4 is 45.0 Å². The predicted octanol–water partition coefficient (Wildman–Crippen LogP) is 5.44. The summed E-state index contributed by atoms with van der Waals surface area (Å²) < 4.78 is 1.07. The molecular formula is C14H13BrClNS. The van der Waals surface area contributed by atoms with Crippen molar-refractivity contribution in [3.8, 4) is 0 Å². The molecule has 0 aliphatic rings. The number of hydrogen-bond donors (Lipinski definition) is 1. The summed E-state index contributed by atoms with van der Waals surface area (Å²) >= 11 is 11.3. The number of hydrogen-bond acceptors (Lipinski definition) is 2. The minimum absolute atomic E-state index is 0.750. The molecule has 0 unspecified atom stereocenters. The summed E-state index contributed by atoms with van der Waals surface area (Å²) in [6.45, 7) is 0.750. The smallest absolute Gasteiger partial charge is 0.0412 e. The lowest BCUT2D eigenvalue weighted by Gasteiger charge is -2.09. The quantitative estimate of drug-likeness (QED) is 0.743. The summed E-state index contributed by atoms with van der Waals surface area (Å²) in [5.74, 6) is 0. The highest BCUT2D eigenvalue weighted by molar-refractivity contribution is 9.10. The molecule has 1 nitrogen and oxygen atoms in total. The van der Waals surface area contributed by atoms with Crippen molar-refractivity contribution in [2.75, 3.05) is 11.6 Å². The third kappa shape index (κ3) is 3.67. The fourth-order valence-electron chi connectivity index (χ4n) is 1.58. The summed E-state index contributed by atoms with van der Waals surface area (Å²) in [4.78, 5) is 1.27. The van der Waals surface area contributed by atoms with E-state index in [1.807, 2.05) is 18.2 Å². The van der Waals surface area contributed by atoms with Crippen LogP contribution < -0.4 is 5.32 Å². The summed E-state index contributed by atoms with van der Waals surface area (Å²) in [7, 11) is 0. The van der Waals surface area contributed by atoms with Gasteiger partial charge in [0.25, 0.3) is 0 Å². The van der Waals surface area contributed by atoms with Crippen molar-refractivity contribution < 1.29 is 0 Å². The predicted molar refractivity (Wildman–Crippen MR) is 84.7 cm³/mol. The molecule has 0 atom stereocenters. The summed E-state index contributed by atoms with van der Waals surface area (Å²) in [5, 5.41) is 4.14. The van der Waals surface area contributed by atoms with Gasteiger partial charge in [0.15, 0.2) is 0 Å². The van der Waals surface area contributed by atoms with Gasteiger partial charge in [-0.3, -0.25) is 0 Å². The van der Waals surface area contributed by atoms with Gasteiger partial charge in [-0.05, 0) is 54.3 Å². The lowest BCUT2D eigenvalue weighted by atomic mass is 10.2. The van der Waals surface area contributed by atoms with Crippen LogP contribution in [0.4, 0.5) is 5.69 Å². The van der Waals surface area contributed by atoms with Gasteiger partial charge in [-0.2, -0.15) is 0 Å². The van der Waals surface area contributed by atoms with Crippen molar-refractivity contribution in [2.24, 2.45) is 0 Å². The van der Waals surface area contributed by atoms with E-state index in [4.69, 9.17) is 11.6 Å². The van der Waals surface area contributed by atoms with E-state index in [1.165, 1.54) is 4.90 Å². The lowest BCUT2D eigenvalue weighted by molar-refractivity contribution is 1.13. The van der Waals surface area contributed by atoms with Gasteiger partial charge in [-0.1, -0.05) is 27.5 Å². The highest BCUT2D eigenvalue weighted by Crippen LogP contribution is 2.23. The number of rotatable bonds is 4. The Morgan fingerprint density at radius 1 is 1.17 bits per heavy atom. The second kappa shape index (κ2) is 6.50. The van der Waals surface area contributed by atoms with E-state index in [0.29, 0.717) is 0 Å². The van der Waals surface area contributed by atoms with E-state index in [0.717, 1.165) is 27.3 Å². The van der Waals surface area contributed by atoms with Crippen LogP contribution in [0.3, 0.4) is 0 Å². The molecule has 0 radical (unpaired) electrons. The van der Waals surface area contributed by atoms with Crippen LogP contribution in [0.2, 0.25) is 5.02 Å². The van der Waals surface area contributed by atoms with E-state index in [9.17, 15) is 0 Å². The number of thioether (sulfide) groups is 1. The van der Waals surface area contributed by atoms with Crippen molar-refractivity contribution in [1.82, 2.24) is 0 Å². The number of nitrogens with one attached hydrogen (secondary N) is 1. The second-order valence-electron chi connectivity index (χ2n) is 3.82. The Morgan fingerprint density at radius 2 is 1.89 bits per heavy atom. The maximum atomic E-state index is 5.99. The van der Waals surface area contributed by atoms with Crippen LogP contribution in [0.1, 0.15) is 5.56 Å². The summed E-state index contributed by atoms with van der Waals surface area (Å²) in [6, 6.07) is 14.2. The molecule has 2 rings (SSSR count). The molecule has 1 N–H and O–H groups in total. The van der Waals surface area contributed by atoms with Gasteiger partial charge in [-0.25, -0.2) is 0 Å². The first-order valence-electron chi connectivity index (χ1n) is 5.51. The standard InChI is InChI=1S/C14H13BrClNS/c1-18-13-5-3-12(4-6-13)17-9-10-8-11(16)2-7-14(10)15/h2-8,17H,9H2,1H3.